The molecule has 45 heavy (non-hydrogen) atoms. The summed E-state index contributed by atoms with van der Waals surface area (Å²) >= 11 is 4.82. The van der Waals surface area contributed by atoms with Crippen LogP contribution >= 0.6 is 27.3 Å². The maximum absolute atomic E-state index is 14.0. The van der Waals surface area contributed by atoms with Gasteiger partial charge in [-0.15, -0.1) is 0 Å². The van der Waals surface area contributed by atoms with Gasteiger partial charge in [0, 0.05) is 4.47 Å². The molecule has 0 radical (unpaired) electrons. The normalized spacial score (nSPS) is 14.4. The van der Waals surface area contributed by atoms with E-state index >= 15 is 0 Å². The minimum absolute atomic E-state index is 0.161. The second-order valence-corrected chi connectivity index (χ2v) is 11.8. The van der Waals surface area contributed by atoms with Gasteiger partial charge < -0.3 is 24.1 Å². The molecular formula is C33H29BrN2O8S. The number of nitrogens with zero attached hydrogens (tertiary/aromatic N) is 2. The molecule has 4 aromatic rings. The SMILES string of the molecule is CCOC(=O)C1=C(C)N=c2s/c(=C\c3ccc(OCc4cccc(C(=O)O)c4)cc3)c(=O)n2[C@@H]1c1cc(OC)c(OC)cc1Br. The number of carbonyl (C=O) groups excluding carboxylic acids is 1. The number of halogens is 1. The highest BCUT2D eigenvalue weighted by Crippen LogP contribution is 2.40. The molecule has 0 aliphatic carbocycles. The number of esters is 1. The molecule has 0 unspecified atom stereocenters. The van der Waals surface area contributed by atoms with E-state index in [0.717, 1.165) is 11.1 Å². The molecule has 3 aromatic carbocycles. The quantitative estimate of drug-likeness (QED) is 0.234. The summed E-state index contributed by atoms with van der Waals surface area (Å²) in [7, 11) is 3.04. The molecule has 232 valence electrons. The Balaban J connectivity index is 1.52. The van der Waals surface area contributed by atoms with Crippen LogP contribution in [0.15, 0.2) is 86.2 Å². The number of carbonyl (C=O) groups is 2. The average molecular weight is 694 g/mol. The number of hydrogen-bond donors (Lipinski definition) is 1. The van der Waals surface area contributed by atoms with E-state index in [1.807, 2.05) is 12.1 Å². The predicted octanol–water partition coefficient (Wildman–Crippen LogP) is 4.86. The maximum Gasteiger partial charge on any atom is 0.338 e. The minimum Gasteiger partial charge on any atom is -0.493 e. The lowest BCUT2D eigenvalue weighted by Crippen LogP contribution is -2.40. The first-order valence-corrected chi connectivity index (χ1v) is 15.4. The molecule has 0 saturated heterocycles. The van der Waals surface area contributed by atoms with Crippen molar-refractivity contribution in [1.29, 1.82) is 0 Å². The smallest absolute Gasteiger partial charge is 0.338 e. The van der Waals surface area contributed by atoms with Crippen LogP contribution in [0.1, 0.15) is 46.9 Å². The van der Waals surface area contributed by atoms with Gasteiger partial charge in [0.25, 0.3) is 5.56 Å². The van der Waals surface area contributed by atoms with Crippen LogP contribution in [0.5, 0.6) is 17.2 Å². The molecule has 0 spiro atoms. The van der Waals surface area contributed by atoms with Gasteiger partial charge in [0.15, 0.2) is 16.3 Å². The van der Waals surface area contributed by atoms with Crippen LogP contribution in [-0.4, -0.2) is 42.4 Å². The number of fused-ring (bicyclic) bond motifs is 1. The zero-order valence-electron chi connectivity index (χ0n) is 24.8. The van der Waals surface area contributed by atoms with Crippen LogP contribution in [0, 0.1) is 0 Å². The Kier molecular flexibility index (Phi) is 9.54. The summed E-state index contributed by atoms with van der Waals surface area (Å²) in [5.74, 6) is -0.0542. The first-order valence-electron chi connectivity index (χ1n) is 13.8. The zero-order valence-corrected chi connectivity index (χ0v) is 27.2. The highest BCUT2D eigenvalue weighted by molar-refractivity contribution is 9.10. The standard InChI is InChI=1S/C33H29BrN2O8S/c1-5-43-32(40)28-18(2)35-33-36(29(28)23-15-25(41-3)26(42-4)16-24(23)34)30(37)27(45-33)14-19-9-11-22(12-10-19)44-17-20-7-6-8-21(13-20)31(38)39/h6-16,29H,5,17H2,1-4H3,(H,38,39)/b27-14-/t29-/m1/s1. The second kappa shape index (κ2) is 13.5. The van der Waals surface area contributed by atoms with Gasteiger partial charge in [-0.05, 0) is 73.0 Å². The van der Waals surface area contributed by atoms with E-state index in [9.17, 15) is 19.5 Å². The van der Waals surface area contributed by atoms with Crippen LogP contribution in [0.3, 0.4) is 0 Å². The first-order chi connectivity index (χ1) is 21.6. The summed E-state index contributed by atoms with van der Waals surface area (Å²) in [5.41, 5.74) is 2.66. The van der Waals surface area contributed by atoms with Gasteiger partial charge in [-0.2, -0.15) is 0 Å². The van der Waals surface area contributed by atoms with Gasteiger partial charge in [-0.3, -0.25) is 9.36 Å². The molecular weight excluding hydrogens is 664 g/mol. The average Bonchev–Trinajstić information content (AvgIpc) is 3.33. The Bertz CT molecular complexity index is 2000. The maximum atomic E-state index is 14.0. The van der Waals surface area contributed by atoms with Gasteiger partial charge >= 0.3 is 11.9 Å². The van der Waals surface area contributed by atoms with Gasteiger partial charge in [-0.1, -0.05) is 51.5 Å². The highest BCUT2D eigenvalue weighted by atomic mass is 79.9. The number of ether oxygens (including phenoxy) is 4. The first kappa shape index (κ1) is 31.7. The van der Waals surface area contributed by atoms with Crippen molar-refractivity contribution in [2.45, 2.75) is 26.5 Å². The van der Waals surface area contributed by atoms with E-state index in [1.54, 1.807) is 62.4 Å². The number of thiazole rings is 1. The number of aromatic nitrogens is 1. The van der Waals surface area contributed by atoms with E-state index in [4.69, 9.17) is 18.9 Å². The van der Waals surface area contributed by atoms with Gasteiger partial charge in [0.05, 0.1) is 48.2 Å². The van der Waals surface area contributed by atoms with Crippen LogP contribution < -0.4 is 29.1 Å². The zero-order chi connectivity index (χ0) is 32.2. The Morgan fingerprint density at radius 1 is 1.07 bits per heavy atom. The van der Waals surface area contributed by atoms with Gasteiger partial charge in [-0.25, -0.2) is 14.6 Å². The fourth-order valence-electron chi connectivity index (χ4n) is 4.94. The second-order valence-electron chi connectivity index (χ2n) is 9.89. The number of methoxy groups -OCH3 is 2. The number of rotatable bonds is 10. The lowest BCUT2D eigenvalue weighted by atomic mass is 9.95. The molecule has 1 N–H and O–H groups in total. The summed E-state index contributed by atoms with van der Waals surface area (Å²) in [4.78, 5) is 43.6. The third kappa shape index (κ3) is 6.57. The predicted molar refractivity (Wildman–Crippen MR) is 172 cm³/mol. The van der Waals surface area contributed by atoms with Crippen molar-refractivity contribution < 1.29 is 33.6 Å². The monoisotopic (exact) mass is 692 g/mol. The van der Waals surface area contributed by atoms with E-state index in [0.29, 0.717) is 42.3 Å². The van der Waals surface area contributed by atoms with E-state index in [1.165, 1.54) is 36.2 Å². The van der Waals surface area contributed by atoms with Crippen molar-refractivity contribution in [2.24, 2.45) is 4.99 Å². The molecule has 10 nitrogen and oxygen atoms in total. The molecule has 0 fully saturated rings. The summed E-state index contributed by atoms with van der Waals surface area (Å²) in [6.07, 6.45) is 1.76. The Morgan fingerprint density at radius 3 is 2.44 bits per heavy atom. The molecule has 0 bridgehead atoms. The minimum atomic E-state index is -0.999. The largest absolute Gasteiger partial charge is 0.493 e. The Morgan fingerprint density at radius 2 is 1.78 bits per heavy atom. The molecule has 0 saturated carbocycles. The molecule has 0 amide bonds. The summed E-state index contributed by atoms with van der Waals surface area (Å²) in [6.45, 7) is 3.81. The van der Waals surface area contributed by atoms with Crippen LogP contribution in [0.2, 0.25) is 0 Å². The summed E-state index contributed by atoms with van der Waals surface area (Å²) in [6, 6.07) is 16.4. The lowest BCUT2D eigenvalue weighted by Gasteiger charge is -2.26. The fraction of sp³-hybridized carbons (Fsp3) is 0.212. The molecule has 1 atom stereocenters. The van der Waals surface area contributed by atoms with E-state index < -0.39 is 18.0 Å². The molecule has 1 aliphatic heterocycles. The third-order valence-corrected chi connectivity index (χ3v) is 8.74. The Hall–Kier alpha value is -4.68. The third-order valence-electron chi connectivity index (χ3n) is 7.07. The Labute approximate surface area is 270 Å². The lowest BCUT2D eigenvalue weighted by molar-refractivity contribution is -0.139. The van der Waals surface area contributed by atoms with E-state index in [2.05, 4.69) is 20.9 Å². The van der Waals surface area contributed by atoms with Crippen molar-refractivity contribution >= 4 is 45.3 Å². The molecule has 12 heteroatoms. The van der Waals surface area contributed by atoms with Crippen molar-refractivity contribution in [3.8, 4) is 17.2 Å². The number of hydrogen-bond acceptors (Lipinski definition) is 9. The molecule has 1 aliphatic rings. The van der Waals surface area contributed by atoms with Crippen LogP contribution in [-0.2, 0) is 16.1 Å². The molecule has 1 aromatic heterocycles. The van der Waals surface area contributed by atoms with Gasteiger partial charge in [0.2, 0.25) is 0 Å². The van der Waals surface area contributed by atoms with Crippen molar-refractivity contribution in [2.75, 3.05) is 20.8 Å². The van der Waals surface area contributed by atoms with Crippen molar-refractivity contribution in [3.05, 3.63) is 118 Å². The fourth-order valence-corrected chi connectivity index (χ4v) is 6.52. The van der Waals surface area contributed by atoms with E-state index in [-0.39, 0.29) is 29.9 Å². The number of carboxylic acid groups (broad SMARTS) is 1. The van der Waals surface area contributed by atoms with Crippen LogP contribution in [0.4, 0.5) is 0 Å². The number of benzene rings is 3. The van der Waals surface area contributed by atoms with Crippen LogP contribution in [0.25, 0.3) is 6.08 Å². The van der Waals surface area contributed by atoms with Crippen molar-refractivity contribution in [1.82, 2.24) is 4.57 Å². The summed E-state index contributed by atoms with van der Waals surface area (Å²) < 4.78 is 24.7. The van der Waals surface area contributed by atoms with Crippen molar-refractivity contribution in [3.63, 3.8) is 0 Å². The summed E-state index contributed by atoms with van der Waals surface area (Å²) in [5, 5.41) is 9.21. The number of carboxylic acids is 1. The van der Waals surface area contributed by atoms with Gasteiger partial charge in [0.1, 0.15) is 12.4 Å². The topological polar surface area (TPSA) is 126 Å². The number of aromatic carboxylic acids is 1. The molecule has 5 rings (SSSR count). The highest BCUT2D eigenvalue weighted by Gasteiger charge is 2.35. The molecule has 2 heterocycles. The number of allylic oxidation sites excluding steroid dienone is 1.